The topological polar surface area (TPSA) is 67.4 Å². The number of benzene rings is 1. The van der Waals surface area contributed by atoms with Gasteiger partial charge in [0.05, 0.1) is 6.54 Å². The maximum absolute atomic E-state index is 11.8. The number of para-hydroxylation sites is 1. The quantitative estimate of drug-likeness (QED) is 0.816. The largest absolute Gasteiger partial charge is 0.484 e. The molecule has 0 aliphatic rings. The minimum atomic E-state index is -4.48. The van der Waals surface area contributed by atoms with Crippen LogP contribution in [0.1, 0.15) is 0 Å². The van der Waals surface area contributed by atoms with Gasteiger partial charge in [0.25, 0.3) is 5.91 Å². The number of halogens is 3. The molecule has 0 spiro atoms. The van der Waals surface area contributed by atoms with Crippen LogP contribution in [0.3, 0.4) is 0 Å². The van der Waals surface area contributed by atoms with Gasteiger partial charge in [-0.3, -0.25) is 9.59 Å². The first-order chi connectivity index (χ1) is 9.37. The first-order valence-electron chi connectivity index (χ1n) is 5.65. The molecule has 0 fully saturated rings. The van der Waals surface area contributed by atoms with Crippen LogP contribution in [0.5, 0.6) is 5.75 Å². The first-order valence-corrected chi connectivity index (χ1v) is 5.65. The zero-order chi connectivity index (χ0) is 15.0. The molecule has 0 aliphatic carbocycles. The molecule has 0 heterocycles. The van der Waals surface area contributed by atoms with E-state index in [1.807, 2.05) is 0 Å². The molecule has 20 heavy (non-hydrogen) atoms. The normalized spacial score (nSPS) is 10.8. The number of carbonyl (C=O) groups excluding carboxylic acids is 2. The van der Waals surface area contributed by atoms with Gasteiger partial charge in [-0.2, -0.15) is 13.2 Å². The molecule has 0 radical (unpaired) electrons. The minimum Gasteiger partial charge on any atom is -0.484 e. The fourth-order valence-electron chi connectivity index (χ4n) is 1.16. The second-order valence-electron chi connectivity index (χ2n) is 3.77. The molecule has 1 aromatic carbocycles. The van der Waals surface area contributed by atoms with Crippen LogP contribution in [0.25, 0.3) is 0 Å². The summed E-state index contributed by atoms with van der Waals surface area (Å²) in [6, 6.07) is 8.50. The number of carbonyl (C=O) groups is 2. The Kier molecular flexibility index (Phi) is 5.82. The summed E-state index contributed by atoms with van der Waals surface area (Å²) in [7, 11) is 0. The second-order valence-corrected chi connectivity index (χ2v) is 3.77. The van der Waals surface area contributed by atoms with Crippen molar-refractivity contribution < 1.29 is 27.5 Å². The lowest BCUT2D eigenvalue weighted by Gasteiger charge is -2.09. The molecule has 1 rings (SSSR count). The highest BCUT2D eigenvalue weighted by atomic mass is 19.4. The average Bonchev–Trinajstić information content (AvgIpc) is 2.41. The molecule has 0 unspecified atom stereocenters. The van der Waals surface area contributed by atoms with E-state index in [1.54, 1.807) is 35.6 Å². The number of rotatable bonds is 6. The number of nitrogens with one attached hydrogen (secondary N) is 2. The highest BCUT2D eigenvalue weighted by Crippen LogP contribution is 2.11. The summed E-state index contributed by atoms with van der Waals surface area (Å²) in [4.78, 5) is 22.3. The highest BCUT2D eigenvalue weighted by molar-refractivity contribution is 5.85. The van der Waals surface area contributed by atoms with Crippen molar-refractivity contribution in [2.24, 2.45) is 0 Å². The molecule has 110 valence electrons. The van der Waals surface area contributed by atoms with Crippen LogP contribution < -0.4 is 15.4 Å². The molecule has 0 saturated heterocycles. The third-order valence-corrected chi connectivity index (χ3v) is 2.05. The van der Waals surface area contributed by atoms with E-state index in [0.29, 0.717) is 5.75 Å². The molecule has 0 aliphatic heterocycles. The number of alkyl halides is 3. The highest BCUT2D eigenvalue weighted by Gasteiger charge is 2.27. The summed E-state index contributed by atoms with van der Waals surface area (Å²) in [5.41, 5.74) is 0. The monoisotopic (exact) mass is 290 g/mol. The van der Waals surface area contributed by atoms with E-state index >= 15 is 0 Å². The van der Waals surface area contributed by atoms with E-state index in [1.165, 1.54) is 0 Å². The lowest BCUT2D eigenvalue weighted by molar-refractivity contribution is -0.138. The van der Waals surface area contributed by atoms with Gasteiger partial charge in [-0.25, -0.2) is 0 Å². The Morgan fingerprint density at radius 1 is 1.05 bits per heavy atom. The Bertz CT molecular complexity index is 449. The smallest absolute Gasteiger partial charge is 0.405 e. The van der Waals surface area contributed by atoms with E-state index in [0.717, 1.165) is 0 Å². The van der Waals surface area contributed by atoms with Crippen molar-refractivity contribution in [2.45, 2.75) is 6.18 Å². The van der Waals surface area contributed by atoms with Gasteiger partial charge in [-0.05, 0) is 12.1 Å². The van der Waals surface area contributed by atoms with E-state index in [-0.39, 0.29) is 6.61 Å². The van der Waals surface area contributed by atoms with Crippen molar-refractivity contribution in [3.05, 3.63) is 30.3 Å². The summed E-state index contributed by atoms with van der Waals surface area (Å²) < 4.78 is 40.5. The van der Waals surface area contributed by atoms with Gasteiger partial charge in [-0.15, -0.1) is 0 Å². The Hall–Kier alpha value is -2.25. The molecule has 0 bridgehead atoms. The van der Waals surface area contributed by atoms with Gasteiger partial charge >= 0.3 is 6.18 Å². The molecule has 0 atom stereocenters. The van der Waals surface area contributed by atoms with Crippen LogP contribution >= 0.6 is 0 Å². The van der Waals surface area contributed by atoms with Crippen molar-refractivity contribution in [1.82, 2.24) is 10.6 Å². The maximum atomic E-state index is 11.8. The lowest BCUT2D eigenvalue weighted by atomic mass is 10.3. The molecular formula is C12H13F3N2O3. The van der Waals surface area contributed by atoms with Crippen molar-refractivity contribution in [1.29, 1.82) is 0 Å². The average molecular weight is 290 g/mol. The standard InChI is InChI=1S/C12H13F3N2O3/c13-12(14,15)8-17-10(18)6-16-11(19)7-20-9-4-2-1-3-5-9/h1-5H,6-8H2,(H,16,19)(H,17,18). The number of hydrogen-bond donors (Lipinski definition) is 2. The summed E-state index contributed by atoms with van der Waals surface area (Å²) >= 11 is 0. The van der Waals surface area contributed by atoms with Crippen molar-refractivity contribution in [2.75, 3.05) is 19.7 Å². The maximum Gasteiger partial charge on any atom is 0.405 e. The number of ether oxygens (including phenoxy) is 1. The van der Waals surface area contributed by atoms with Gasteiger partial charge in [0.1, 0.15) is 12.3 Å². The fraction of sp³-hybridized carbons (Fsp3) is 0.333. The Morgan fingerprint density at radius 3 is 2.30 bits per heavy atom. The molecule has 0 saturated carbocycles. The summed E-state index contributed by atoms with van der Waals surface area (Å²) in [6.07, 6.45) is -4.48. The molecular weight excluding hydrogens is 277 g/mol. The summed E-state index contributed by atoms with van der Waals surface area (Å²) in [6.45, 7) is -2.29. The van der Waals surface area contributed by atoms with Gasteiger partial charge in [-0.1, -0.05) is 18.2 Å². The fourth-order valence-corrected chi connectivity index (χ4v) is 1.16. The van der Waals surface area contributed by atoms with Gasteiger partial charge in [0, 0.05) is 0 Å². The third-order valence-electron chi connectivity index (χ3n) is 2.05. The Morgan fingerprint density at radius 2 is 1.70 bits per heavy atom. The zero-order valence-corrected chi connectivity index (χ0v) is 10.4. The van der Waals surface area contributed by atoms with Gasteiger partial charge in [0.15, 0.2) is 6.61 Å². The molecule has 1 aromatic rings. The Labute approximate surface area is 113 Å². The number of amides is 2. The van der Waals surface area contributed by atoms with Gasteiger partial charge in [0.2, 0.25) is 5.91 Å². The summed E-state index contributed by atoms with van der Waals surface area (Å²) in [5.74, 6) is -1.05. The van der Waals surface area contributed by atoms with Crippen LogP contribution in [0.15, 0.2) is 30.3 Å². The zero-order valence-electron chi connectivity index (χ0n) is 10.4. The lowest BCUT2D eigenvalue weighted by Crippen LogP contribution is -2.42. The van der Waals surface area contributed by atoms with Crippen LogP contribution in [-0.4, -0.2) is 37.7 Å². The van der Waals surface area contributed by atoms with E-state index in [4.69, 9.17) is 4.74 Å². The van der Waals surface area contributed by atoms with Crippen LogP contribution in [0.2, 0.25) is 0 Å². The van der Waals surface area contributed by atoms with Crippen LogP contribution in [0.4, 0.5) is 13.2 Å². The molecule has 2 amide bonds. The predicted octanol–water partition coefficient (Wildman–Crippen LogP) is 0.860. The molecule has 5 nitrogen and oxygen atoms in total. The molecule has 0 aromatic heterocycles. The number of hydrogen-bond acceptors (Lipinski definition) is 3. The first kappa shape index (κ1) is 15.8. The molecule has 2 N–H and O–H groups in total. The van der Waals surface area contributed by atoms with E-state index in [9.17, 15) is 22.8 Å². The van der Waals surface area contributed by atoms with Crippen LogP contribution in [0, 0.1) is 0 Å². The Balaban J connectivity index is 2.18. The minimum absolute atomic E-state index is 0.323. The van der Waals surface area contributed by atoms with Crippen molar-refractivity contribution in [3.63, 3.8) is 0 Å². The van der Waals surface area contributed by atoms with Crippen molar-refractivity contribution >= 4 is 11.8 Å². The SMILES string of the molecule is O=C(CNC(=O)COc1ccccc1)NCC(F)(F)F. The summed E-state index contributed by atoms with van der Waals surface area (Å²) in [5, 5.41) is 3.78. The second kappa shape index (κ2) is 7.37. The van der Waals surface area contributed by atoms with E-state index in [2.05, 4.69) is 5.32 Å². The predicted molar refractivity (Wildman–Crippen MR) is 64.0 cm³/mol. The van der Waals surface area contributed by atoms with E-state index < -0.39 is 31.1 Å². The van der Waals surface area contributed by atoms with Gasteiger partial charge < -0.3 is 15.4 Å². The van der Waals surface area contributed by atoms with Crippen LogP contribution in [-0.2, 0) is 9.59 Å². The third kappa shape index (κ3) is 7.24. The molecule has 8 heteroatoms. The van der Waals surface area contributed by atoms with Crippen molar-refractivity contribution in [3.8, 4) is 5.75 Å².